The van der Waals surface area contributed by atoms with Gasteiger partial charge in [0.05, 0.1) is 24.9 Å². The second-order valence-electron chi connectivity index (χ2n) is 7.86. The number of hydrogen-bond donors (Lipinski definition) is 3. The zero-order valence-electron chi connectivity index (χ0n) is 16.5. The van der Waals surface area contributed by atoms with E-state index < -0.39 is 6.10 Å². The lowest BCUT2D eigenvalue weighted by Gasteiger charge is -2.59. The molecular weight excluding hydrogens is 306 g/mol. The van der Waals surface area contributed by atoms with Gasteiger partial charge in [0.2, 0.25) is 0 Å². The maximum absolute atomic E-state index is 10.0. The van der Waals surface area contributed by atoms with Crippen LogP contribution in [0.4, 0.5) is 0 Å². The van der Waals surface area contributed by atoms with Crippen LogP contribution in [-0.4, -0.2) is 62.2 Å². The second kappa shape index (κ2) is 9.02. The molecule has 0 spiro atoms. The summed E-state index contributed by atoms with van der Waals surface area (Å²) in [5.74, 6) is 1.20. The van der Waals surface area contributed by atoms with Crippen molar-refractivity contribution in [2.75, 3.05) is 33.4 Å². The molecule has 0 amide bonds. The van der Waals surface area contributed by atoms with E-state index in [1.165, 1.54) is 0 Å². The van der Waals surface area contributed by atoms with Gasteiger partial charge in [-0.25, -0.2) is 0 Å². The predicted molar refractivity (Wildman–Crippen MR) is 98.4 cm³/mol. The summed E-state index contributed by atoms with van der Waals surface area (Å²) in [4.78, 5) is 4.50. The van der Waals surface area contributed by atoms with E-state index in [1.807, 2.05) is 6.92 Å². The minimum atomic E-state index is -0.585. The molecule has 3 N–H and O–H groups in total. The van der Waals surface area contributed by atoms with E-state index >= 15 is 0 Å². The molecule has 3 unspecified atom stereocenters. The summed E-state index contributed by atoms with van der Waals surface area (Å²) >= 11 is 0. The highest BCUT2D eigenvalue weighted by molar-refractivity contribution is 5.80. The Morgan fingerprint density at radius 2 is 1.96 bits per heavy atom. The average Bonchev–Trinajstić information content (AvgIpc) is 2.51. The highest BCUT2D eigenvalue weighted by Gasteiger charge is 2.58. The molecule has 0 heterocycles. The van der Waals surface area contributed by atoms with Crippen LogP contribution >= 0.6 is 0 Å². The molecule has 24 heavy (non-hydrogen) atoms. The largest absolute Gasteiger partial charge is 0.389 e. The fourth-order valence-corrected chi connectivity index (χ4v) is 2.90. The number of aliphatic hydroxyl groups is 1. The monoisotopic (exact) mass is 343 g/mol. The third kappa shape index (κ3) is 5.33. The number of hydrogen-bond acceptors (Lipinski definition) is 4. The quantitative estimate of drug-likeness (QED) is 0.439. The standard InChI is InChI=1S/C18H37N3O3/c1-8-19-16(20-10-14(22)12-24-11-13(2)3)21-15-9-18(6,23-7)17(15,4)5/h13-15,22H,8-12H2,1-7H3,(H2,19,20,21). The molecule has 0 saturated heterocycles. The van der Waals surface area contributed by atoms with Crippen LogP contribution in [-0.2, 0) is 9.47 Å². The van der Waals surface area contributed by atoms with Gasteiger partial charge in [0.1, 0.15) is 0 Å². The molecule has 3 atom stereocenters. The Labute approximate surface area is 147 Å². The number of methoxy groups -OCH3 is 1. The smallest absolute Gasteiger partial charge is 0.191 e. The van der Waals surface area contributed by atoms with Crippen LogP contribution in [0.3, 0.4) is 0 Å². The van der Waals surface area contributed by atoms with Crippen LogP contribution in [0.5, 0.6) is 0 Å². The molecule has 0 aliphatic heterocycles. The van der Waals surface area contributed by atoms with Gasteiger partial charge in [-0.05, 0) is 26.2 Å². The molecule has 0 aromatic heterocycles. The van der Waals surface area contributed by atoms with Gasteiger partial charge in [-0.1, -0.05) is 27.7 Å². The van der Waals surface area contributed by atoms with Crippen molar-refractivity contribution in [2.24, 2.45) is 16.3 Å². The summed E-state index contributed by atoms with van der Waals surface area (Å²) in [6.07, 6.45) is 0.346. The highest BCUT2D eigenvalue weighted by atomic mass is 16.5. The molecular formula is C18H37N3O3. The molecule has 1 rings (SSSR count). The number of rotatable bonds is 9. The summed E-state index contributed by atoms with van der Waals surface area (Å²) in [5, 5.41) is 16.7. The molecule has 1 saturated carbocycles. The first-order valence-corrected chi connectivity index (χ1v) is 9.02. The van der Waals surface area contributed by atoms with Crippen molar-refractivity contribution >= 4 is 5.96 Å². The predicted octanol–water partition coefficient (Wildman–Crippen LogP) is 1.78. The van der Waals surface area contributed by atoms with E-state index in [2.05, 4.69) is 50.2 Å². The van der Waals surface area contributed by atoms with Gasteiger partial charge in [0.25, 0.3) is 0 Å². The maximum Gasteiger partial charge on any atom is 0.191 e. The first-order chi connectivity index (χ1) is 11.2. The molecule has 142 valence electrons. The van der Waals surface area contributed by atoms with E-state index in [1.54, 1.807) is 7.11 Å². The van der Waals surface area contributed by atoms with Gasteiger partial charge >= 0.3 is 0 Å². The van der Waals surface area contributed by atoms with Gasteiger partial charge in [-0.2, -0.15) is 0 Å². The molecule has 0 aromatic rings. The topological polar surface area (TPSA) is 75.1 Å². The van der Waals surface area contributed by atoms with Crippen LogP contribution in [0, 0.1) is 11.3 Å². The lowest BCUT2D eigenvalue weighted by atomic mass is 9.56. The van der Waals surface area contributed by atoms with Crippen molar-refractivity contribution in [3.8, 4) is 0 Å². The van der Waals surface area contributed by atoms with E-state index in [9.17, 15) is 5.11 Å². The normalized spacial score (nSPS) is 27.7. The Morgan fingerprint density at radius 3 is 2.46 bits per heavy atom. The lowest BCUT2D eigenvalue weighted by Crippen LogP contribution is -2.69. The van der Waals surface area contributed by atoms with Crippen LogP contribution in [0.25, 0.3) is 0 Å². The van der Waals surface area contributed by atoms with E-state index in [0.717, 1.165) is 18.9 Å². The maximum atomic E-state index is 10.0. The first-order valence-electron chi connectivity index (χ1n) is 9.02. The number of aliphatic hydroxyl groups excluding tert-OH is 1. The van der Waals surface area contributed by atoms with Crippen LogP contribution in [0.1, 0.15) is 48.0 Å². The van der Waals surface area contributed by atoms with Crippen molar-refractivity contribution < 1.29 is 14.6 Å². The van der Waals surface area contributed by atoms with Gasteiger partial charge in [-0.15, -0.1) is 0 Å². The van der Waals surface area contributed by atoms with Gasteiger partial charge in [0, 0.05) is 31.7 Å². The molecule has 6 nitrogen and oxygen atoms in total. The lowest BCUT2D eigenvalue weighted by molar-refractivity contribution is -0.176. The zero-order valence-corrected chi connectivity index (χ0v) is 16.5. The summed E-state index contributed by atoms with van der Waals surface area (Å²) in [5.41, 5.74) is -0.108. The Hall–Kier alpha value is -0.850. The molecule has 0 aromatic carbocycles. The molecule has 6 heteroatoms. The number of aliphatic imine (C=N–C) groups is 1. The summed E-state index contributed by atoms with van der Waals surface area (Å²) in [7, 11) is 1.77. The third-order valence-electron chi connectivity index (χ3n) is 5.16. The first kappa shape index (κ1) is 21.2. The fraction of sp³-hybridized carbons (Fsp3) is 0.944. The Kier molecular flexibility index (Phi) is 7.96. The molecule has 1 fully saturated rings. The minimum absolute atomic E-state index is 0.0108. The van der Waals surface area contributed by atoms with E-state index in [0.29, 0.717) is 25.7 Å². The molecule has 1 aliphatic carbocycles. The Bertz CT molecular complexity index is 412. The van der Waals surface area contributed by atoms with Gasteiger partial charge < -0.3 is 25.2 Å². The van der Waals surface area contributed by atoms with Gasteiger partial charge in [-0.3, -0.25) is 4.99 Å². The van der Waals surface area contributed by atoms with Crippen molar-refractivity contribution in [1.29, 1.82) is 0 Å². The SMILES string of the molecule is CCNC(=NCC(O)COCC(C)C)NC1CC(C)(OC)C1(C)C. The second-order valence-corrected chi connectivity index (χ2v) is 7.86. The van der Waals surface area contributed by atoms with E-state index in [-0.39, 0.29) is 17.1 Å². The van der Waals surface area contributed by atoms with Crippen LogP contribution in [0.2, 0.25) is 0 Å². The summed E-state index contributed by atoms with van der Waals surface area (Å²) in [6.45, 7) is 14.8. The number of ether oxygens (including phenoxy) is 2. The van der Waals surface area contributed by atoms with Crippen LogP contribution in [0.15, 0.2) is 4.99 Å². The number of nitrogens with zero attached hydrogens (tertiary/aromatic N) is 1. The third-order valence-corrected chi connectivity index (χ3v) is 5.16. The summed E-state index contributed by atoms with van der Waals surface area (Å²) < 4.78 is 11.1. The van der Waals surface area contributed by atoms with Crippen molar-refractivity contribution in [1.82, 2.24) is 10.6 Å². The summed E-state index contributed by atoms with van der Waals surface area (Å²) in [6, 6.07) is 0.287. The Morgan fingerprint density at radius 1 is 1.29 bits per heavy atom. The molecule has 0 bridgehead atoms. The van der Waals surface area contributed by atoms with E-state index in [4.69, 9.17) is 9.47 Å². The molecule has 0 radical (unpaired) electrons. The highest BCUT2D eigenvalue weighted by Crippen LogP contribution is 2.51. The van der Waals surface area contributed by atoms with Crippen molar-refractivity contribution in [2.45, 2.75) is 65.7 Å². The average molecular weight is 344 g/mol. The number of guanidine groups is 1. The van der Waals surface area contributed by atoms with Crippen molar-refractivity contribution in [3.05, 3.63) is 0 Å². The Balaban J connectivity index is 2.52. The fourth-order valence-electron chi connectivity index (χ4n) is 2.90. The number of nitrogens with one attached hydrogen (secondary N) is 2. The zero-order chi connectivity index (χ0) is 18.4. The van der Waals surface area contributed by atoms with Crippen molar-refractivity contribution in [3.63, 3.8) is 0 Å². The van der Waals surface area contributed by atoms with Crippen LogP contribution < -0.4 is 10.6 Å². The van der Waals surface area contributed by atoms with Gasteiger partial charge in [0.15, 0.2) is 5.96 Å². The molecule has 1 aliphatic rings. The minimum Gasteiger partial charge on any atom is -0.389 e.